The minimum atomic E-state index is -0.0202. The maximum atomic E-state index is 6.62. The summed E-state index contributed by atoms with van der Waals surface area (Å²) in [4.78, 5) is 7.26. The van der Waals surface area contributed by atoms with Crippen molar-refractivity contribution >= 4 is 11.6 Å². The predicted octanol–water partition coefficient (Wildman–Crippen LogP) is 6.82. The Labute approximate surface area is 214 Å². The van der Waals surface area contributed by atoms with Crippen LogP contribution in [0.5, 0.6) is 5.75 Å². The van der Waals surface area contributed by atoms with Crippen molar-refractivity contribution in [3.8, 4) is 16.9 Å². The number of halogens is 1. The summed E-state index contributed by atoms with van der Waals surface area (Å²) in [5.41, 5.74) is 4.90. The van der Waals surface area contributed by atoms with Gasteiger partial charge in [-0.05, 0) is 93.0 Å². The molecule has 0 radical (unpaired) electrons. The molecule has 1 heterocycles. The average Bonchev–Trinajstić information content (AvgIpc) is 3.81. The number of benzene rings is 2. The molecule has 2 saturated carbocycles. The Balaban J connectivity index is 1.47. The predicted molar refractivity (Wildman–Crippen MR) is 144 cm³/mol. The lowest BCUT2D eigenvalue weighted by molar-refractivity contribution is 0.163. The number of unbranched alkanes of at least 4 members (excludes halogenated alkanes) is 1. The van der Waals surface area contributed by atoms with Gasteiger partial charge in [0.1, 0.15) is 5.75 Å². The normalized spacial score (nSPS) is 16.4. The lowest BCUT2D eigenvalue weighted by atomic mass is 9.93. The van der Waals surface area contributed by atoms with Gasteiger partial charge in [-0.3, -0.25) is 9.88 Å². The Morgan fingerprint density at radius 1 is 1.03 bits per heavy atom. The largest absolute Gasteiger partial charge is 0.490 e. The smallest absolute Gasteiger partial charge is 0.127 e. The maximum Gasteiger partial charge on any atom is 0.127 e. The van der Waals surface area contributed by atoms with Crippen molar-refractivity contribution < 1.29 is 4.74 Å². The lowest BCUT2D eigenvalue weighted by Crippen LogP contribution is -2.36. The highest BCUT2D eigenvalue weighted by Crippen LogP contribution is 2.55. The van der Waals surface area contributed by atoms with E-state index in [2.05, 4.69) is 70.8 Å². The molecule has 1 aromatic heterocycles. The number of para-hydroxylation sites is 1. The first-order chi connectivity index (χ1) is 17.2. The summed E-state index contributed by atoms with van der Waals surface area (Å²) in [6.45, 7) is 6.13. The third-order valence-electron chi connectivity index (χ3n) is 7.25. The molecule has 184 valence electrons. The fraction of sp³-hybridized carbons (Fsp3) is 0.433. The number of nitrogens with one attached hydrogen (secondary N) is 1. The van der Waals surface area contributed by atoms with E-state index in [-0.39, 0.29) is 5.54 Å². The van der Waals surface area contributed by atoms with E-state index >= 15 is 0 Å². The van der Waals surface area contributed by atoms with E-state index in [0.29, 0.717) is 6.10 Å². The summed E-state index contributed by atoms with van der Waals surface area (Å²) in [5, 5.41) is 4.30. The van der Waals surface area contributed by atoms with Crippen LogP contribution in [0.15, 0.2) is 67.0 Å². The summed E-state index contributed by atoms with van der Waals surface area (Å²) in [7, 11) is 0. The Hall–Kier alpha value is -2.40. The maximum absolute atomic E-state index is 6.62. The van der Waals surface area contributed by atoms with Gasteiger partial charge in [-0.25, -0.2) is 0 Å². The van der Waals surface area contributed by atoms with Gasteiger partial charge in [-0.2, -0.15) is 0 Å². The quantitative estimate of drug-likeness (QED) is 0.267. The zero-order valence-electron chi connectivity index (χ0n) is 20.7. The van der Waals surface area contributed by atoms with E-state index in [9.17, 15) is 0 Å². The van der Waals surface area contributed by atoms with Crippen LogP contribution >= 0.6 is 11.6 Å². The van der Waals surface area contributed by atoms with Crippen LogP contribution in [0.1, 0.15) is 56.6 Å². The van der Waals surface area contributed by atoms with Crippen molar-refractivity contribution in [3.63, 3.8) is 0 Å². The molecule has 0 bridgehead atoms. The Morgan fingerprint density at radius 2 is 1.83 bits per heavy atom. The first-order valence-corrected chi connectivity index (χ1v) is 13.5. The Bertz CT molecular complexity index is 1130. The van der Waals surface area contributed by atoms with Crippen LogP contribution < -0.4 is 10.1 Å². The number of nitrogens with zero attached hydrogens (tertiary/aromatic N) is 2. The number of rotatable bonds is 13. The molecule has 0 spiro atoms. The highest BCUT2D eigenvalue weighted by atomic mass is 35.5. The molecule has 3 aromatic rings. The number of ether oxygens (including phenoxy) is 1. The molecule has 35 heavy (non-hydrogen) atoms. The monoisotopic (exact) mass is 489 g/mol. The lowest BCUT2D eigenvalue weighted by Gasteiger charge is -2.34. The summed E-state index contributed by atoms with van der Waals surface area (Å²) in [6.07, 6.45) is 11.3. The standard InChI is InChI=1S/C30H36ClN3O/c1-2-32-18-7-8-20-34(22-23-9-3-5-11-28(23)31)30(16-17-30)27-21-33-19-15-25(27)26-10-4-6-12-29(26)35-24-13-14-24/h3-6,9-12,15,19,21,24,32H,2,7-8,13-14,16-18,20,22H2,1H3. The van der Waals surface area contributed by atoms with E-state index in [1.165, 1.54) is 28.7 Å². The van der Waals surface area contributed by atoms with Crippen molar-refractivity contribution in [3.05, 3.63) is 83.1 Å². The van der Waals surface area contributed by atoms with Gasteiger partial charge in [0.25, 0.3) is 0 Å². The van der Waals surface area contributed by atoms with E-state index in [0.717, 1.165) is 69.1 Å². The van der Waals surface area contributed by atoms with Gasteiger partial charge in [-0.15, -0.1) is 0 Å². The Kier molecular flexibility index (Phi) is 7.72. The molecule has 5 rings (SSSR count). The van der Waals surface area contributed by atoms with Gasteiger partial charge in [-0.1, -0.05) is 54.9 Å². The molecule has 2 fully saturated rings. The van der Waals surface area contributed by atoms with Crippen LogP contribution in [-0.2, 0) is 12.1 Å². The van der Waals surface area contributed by atoms with Crippen molar-refractivity contribution in [2.24, 2.45) is 0 Å². The highest BCUT2D eigenvalue weighted by molar-refractivity contribution is 6.31. The summed E-state index contributed by atoms with van der Waals surface area (Å²) in [6, 6.07) is 18.9. The zero-order valence-corrected chi connectivity index (χ0v) is 21.4. The molecule has 0 aliphatic heterocycles. The molecule has 0 saturated heterocycles. The van der Waals surface area contributed by atoms with Crippen molar-refractivity contribution in [2.45, 2.75) is 63.6 Å². The molecule has 0 atom stereocenters. The molecule has 4 nitrogen and oxygen atoms in total. The number of hydrogen-bond donors (Lipinski definition) is 1. The molecule has 0 amide bonds. The van der Waals surface area contributed by atoms with Gasteiger partial charge >= 0.3 is 0 Å². The topological polar surface area (TPSA) is 37.4 Å². The fourth-order valence-corrected chi connectivity index (χ4v) is 5.23. The fourth-order valence-electron chi connectivity index (χ4n) is 5.04. The number of hydrogen-bond acceptors (Lipinski definition) is 4. The number of aromatic nitrogens is 1. The van der Waals surface area contributed by atoms with Crippen LogP contribution in [0.2, 0.25) is 5.02 Å². The second-order valence-electron chi connectivity index (χ2n) is 9.84. The van der Waals surface area contributed by atoms with Crippen LogP contribution in [0.3, 0.4) is 0 Å². The van der Waals surface area contributed by atoms with Crippen molar-refractivity contribution in [1.82, 2.24) is 15.2 Å². The van der Waals surface area contributed by atoms with Crippen LogP contribution in [0, 0.1) is 0 Å². The molecule has 2 aliphatic carbocycles. The summed E-state index contributed by atoms with van der Waals surface area (Å²) < 4.78 is 6.31. The van der Waals surface area contributed by atoms with Gasteiger partial charge in [0.15, 0.2) is 0 Å². The first-order valence-electron chi connectivity index (χ1n) is 13.1. The van der Waals surface area contributed by atoms with E-state index < -0.39 is 0 Å². The highest BCUT2D eigenvalue weighted by Gasteiger charge is 2.50. The molecule has 5 heteroatoms. The second kappa shape index (κ2) is 11.1. The van der Waals surface area contributed by atoms with E-state index in [1.807, 2.05) is 18.3 Å². The molecular formula is C30H36ClN3O. The number of pyridine rings is 1. The van der Waals surface area contributed by atoms with Gasteiger partial charge in [0, 0.05) is 35.1 Å². The first kappa shape index (κ1) is 24.3. The van der Waals surface area contributed by atoms with Gasteiger partial charge in [0.2, 0.25) is 0 Å². The van der Waals surface area contributed by atoms with Crippen LogP contribution in [0.25, 0.3) is 11.1 Å². The molecule has 2 aromatic carbocycles. The van der Waals surface area contributed by atoms with E-state index in [4.69, 9.17) is 16.3 Å². The minimum Gasteiger partial charge on any atom is -0.490 e. The molecule has 0 unspecified atom stereocenters. The SMILES string of the molecule is CCNCCCCN(Cc1ccccc1Cl)C1(c2cnccc2-c2ccccc2OC2CC2)CC1. The van der Waals surface area contributed by atoms with Crippen LogP contribution in [-0.4, -0.2) is 35.6 Å². The van der Waals surface area contributed by atoms with Gasteiger partial charge in [0.05, 0.1) is 6.10 Å². The molecular weight excluding hydrogens is 454 g/mol. The van der Waals surface area contributed by atoms with Crippen LogP contribution in [0.4, 0.5) is 0 Å². The van der Waals surface area contributed by atoms with Crippen molar-refractivity contribution in [2.75, 3.05) is 19.6 Å². The van der Waals surface area contributed by atoms with Gasteiger partial charge < -0.3 is 10.1 Å². The summed E-state index contributed by atoms with van der Waals surface area (Å²) in [5.74, 6) is 0.988. The third kappa shape index (κ3) is 5.72. The zero-order chi connectivity index (χ0) is 24.1. The second-order valence-corrected chi connectivity index (χ2v) is 10.2. The minimum absolute atomic E-state index is 0.0202. The molecule has 2 aliphatic rings. The average molecular weight is 490 g/mol. The Morgan fingerprint density at radius 3 is 2.60 bits per heavy atom. The third-order valence-corrected chi connectivity index (χ3v) is 7.62. The van der Waals surface area contributed by atoms with E-state index in [1.54, 1.807) is 0 Å². The summed E-state index contributed by atoms with van der Waals surface area (Å²) >= 11 is 6.62. The van der Waals surface area contributed by atoms with Crippen molar-refractivity contribution in [1.29, 1.82) is 0 Å². The molecule has 1 N–H and O–H groups in total.